The van der Waals surface area contributed by atoms with Crippen molar-refractivity contribution in [2.24, 2.45) is 0 Å². The third-order valence-corrected chi connectivity index (χ3v) is 1.82. The normalized spacial score (nSPS) is 18.3. The fourth-order valence-corrected chi connectivity index (χ4v) is 0.919. The average molecular weight is 220 g/mol. The Morgan fingerprint density at radius 2 is 1.87 bits per heavy atom. The number of aliphatic hydroxyl groups is 5. The van der Waals surface area contributed by atoms with Gasteiger partial charge in [0.15, 0.2) is 5.76 Å². The number of carbonyl (C=O) groups is 1. The summed E-state index contributed by atoms with van der Waals surface area (Å²) in [5, 5.41) is 44.9. The number of ketones is 1. The standard InChI is InChI=1S/C9H16O6/c1-2-3-5(11)7(13)9(15)8(14)6(12)4-10/h3,6,8-12,14-15H,2,4H2,1H3/t6-,8-,9-/m1/s1. The van der Waals surface area contributed by atoms with Crippen LogP contribution in [0.4, 0.5) is 0 Å². The summed E-state index contributed by atoms with van der Waals surface area (Å²) in [7, 11) is 0. The van der Waals surface area contributed by atoms with Gasteiger partial charge >= 0.3 is 0 Å². The first-order valence-electron chi connectivity index (χ1n) is 4.54. The molecule has 0 fully saturated rings. The van der Waals surface area contributed by atoms with Crippen molar-refractivity contribution in [2.45, 2.75) is 31.7 Å². The van der Waals surface area contributed by atoms with Crippen LogP contribution >= 0.6 is 0 Å². The molecule has 6 nitrogen and oxygen atoms in total. The maximum absolute atomic E-state index is 11.2. The first kappa shape index (κ1) is 14.1. The van der Waals surface area contributed by atoms with Crippen molar-refractivity contribution in [2.75, 3.05) is 6.61 Å². The van der Waals surface area contributed by atoms with Gasteiger partial charge in [-0.1, -0.05) is 6.92 Å². The van der Waals surface area contributed by atoms with Crippen LogP contribution in [0.15, 0.2) is 11.8 Å². The highest BCUT2D eigenvalue weighted by Gasteiger charge is 2.31. The zero-order chi connectivity index (χ0) is 12.0. The van der Waals surface area contributed by atoms with E-state index < -0.39 is 36.5 Å². The van der Waals surface area contributed by atoms with Crippen LogP contribution in [-0.2, 0) is 4.79 Å². The molecule has 6 heteroatoms. The lowest BCUT2D eigenvalue weighted by Gasteiger charge is -2.19. The van der Waals surface area contributed by atoms with Gasteiger partial charge < -0.3 is 25.5 Å². The predicted molar refractivity (Wildman–Crippen MR) is 51.1 cm³/mol. The summed E-state index contributed by atoms with van der Waals surface area (Å²) in [5.74, 6) is -1.76. The van der Waals surface area contributed by atoms with Crippen LogP contribution in [0.25, 0.3) is 0 Å². The molecule has 0 aromatic heterocycles. The fourth-order valence-electron chi connectivity index (χ4n) is 0.919. The van der Waals surface area contributed by atoms with Gasteiger partial charge in [-0.05, 0) is 12.5 Å². The summed E-state index contributed by atoms with van der Waals surface area (Å²) in [6.07, 6.45) is -3.84. The number of Topliss-reactive ketones (excluding diaryl/α,β-unsaturated/α-hetero) is 1. The zero-order valence-corrected chi connectivity index (χ0v) is 8.37. The van der Waals surface area contributed by atoms with Crippen LogP contribution in [0.3, 0.4) is 0 Å². The summed E-state index contributed by atoms with van der Waals surface area (Å²) < 4.78 is 0. The Morgan fingerprint density at radius 3 is 2.27 bits per heavy atom. The highest BCUT2D eigenvalue weighted by Crippen LogP contribution is 2.06. The largest absolute Gasteiger partial charge is 0.505 e. The van der Waals surface area contributed by atoms with Gasteiger partial charge in [0.1, 0.15) is 18.3 Å². The molecule has 15 heavy (non-hydrogen) atoms. The highest BCUT2D eigenvalue weighted by atomic mass is 16.4. The molecule has 0 aromatic rings. The Balaban J connectivity index is 4.50. The number of rotatable bonds is 6. The van der Waals surface area contributed by atoms with E-state index in [-0.39, 0.29) is 0 Å². The van der Waals surface area contributed by atoms with E-state index in [9.17, 15) is 9.90 Å². The van der Waals surface area contributed by atoms with Crippen molar-refractivity contribution in [1.82, 2.24) is 0 Å². The monoisotopic (exact) mass is 220 g/mol. The average Bonchev–Trinajstić information content (AvgIpc) is 2.25. The van der Waals surface area contributed by atoms with E-state index in [2.05, 4.69) is 0 Å². The summed E-state index contributed by atoms with van der Waals surface area (Å²) in [6, 6.07) is 0. The van der Waals surface area contributed by atoms with E-state index in [0.717, 1.165) is 0 Å². The van der Waals surface area contributed by atoms with Crippen molar-refractivity contribution in [3.63, 3.8) is 0 Å². The molecule has 0 rings (SSSR count). The van der Waals surface area contributed by atoms with Crippen molar-refractivity contribution in [3.8, 4) is 0 Å². The first-order valence-corrected chi connectivity index (χ1v) is 4.54. The topological polar surface area (TPSA) is 118 Å². The van der Waals surface area contributed by atoms with E-state index in [0.29, 0.717) is 6.42 Å². The number of hydrogen-bond donors (Lipinski definition) is 5. The quantitative estimate of drug-likeness (QED) is 0.274. The van der Waals surface area contributed by atoms with Crippen LogP contribution in [0.2, 0.25) is 0 Å². The minimum atomic E-state index is -1.95. The molecule has 0 saturated carbocycles. The van der Waals surface area contributed by atoms with Gasteiger partial charge in [0.25, 0.3) is 0 Å². The number of hydrogen-bond acceptors (Lipinski definition) is 6. The lowest BCUT2D eigenvalue weighted by molar-refractivity contribution is -0.138. The van der Waals surface area contributed by atoms with Crippen molar-refractivity contribution in [1.29, 1.82) is 0 Å². The molecule has 0 saturated heterocycles. The summed E-state index contributed by atoms with van der Waals surface area (Å²) in [6.45, 7) is 0.888. The Bertz CT molecular complexity index is 237. The Labute approximate surface area is 87.1 Å². The van der Waals surface area contributed by atoms with Gasteiger partial charge in [-0.3, -0.25) is 4.79 Å². The minimum Gasteiger partial charge on any atom is -0.505 e. The van der Waals surface area contributed by atoms with Gasteiger partial charge in [-0.25, -0.2) is 0 Å². The molecule has 0 aromatic carbocycles. The second-order valence-corrected chi connectivity index (χ2v) is 3.05. The Morgan fingerprint density at radius 1 is 1.33 bits per heavy atom. The molecule has 0 unspecified atom stereocenters. The van der Waals surface area contributed by atoms with Gasteiger partial charge in [-0.2, -0.15) is 0 Å². The third kappa shape index (κ3) is 3.96. The van der Waals surface area contributed by atoms with Crippen molar-refractivity contribution >= 4 is 5.78 Å². The molecule has 88 valence electrons. The van der Waals surface area contributed by atoms with Gasteiger partial charge in [0, 0.05) is 0 Å². The summed E-state index contributed by atoms with van der Waals surface area (Å²) >= 11 is 0. The lowest BCUT2D eigenvalue weighted by Crippen LogP contribution is -2.44. The van der Waals surface area contributed by atoms with E-state index in [1.807, 2.05) is 0 Å². The number of aliphatic hydroxyl groups excluding tert-OH is 5. The summed E-state index contributed by atoms with van der Waals surface area (Å²) in [5.41, 5.74) is 0. The van der Waals surface area contributed by atoms with Crippen molar-refractivity contribution < 1.29 is 30.3 Å². The maximum Gasteiger partial charge on any atom is 0.227 e. The summed E-state index contributed by atoms with van der Waals surface area (Å²) in [4.78, 5) is 11.2. The molecule has 0 spiro atoms. The molecule has 0 amide bonds. The smallest absolute Gasteiger partial charge is 0.227 e. The SMILES string of the molecule is CCC=C(O)C(=O)[C@@H](O)[C@H](O)[C@H](O)CO. The van der Waals surface area contributed by atoms with Gasteiger partial charge in [0.2, 0.25) is 5.78 Å². The molecule has 0 bridgehead atoms. The van der Waals surface area contributed by atoms with Gasteiger partial charge in [0.05, 0.1) is 6.61 Å². The van der Waals surface area contributed by atoms with Crippen LogP contribution in [-0.4, -0.2) is 56.2 Å². The van der Waals surface area contributed by atoms with Crippen LogP contribution in [0.1, 0.15) is 13.3 Å². The molecule has 0 heterocycles. The molecule has 5 N–H and O–H groups in total. The van der Waals surface area contributed by atoms with Crippen LogP contribution in [0, 0.1) is 0 Å². The Kier molecular flexibility index (Phi) is 6.11. The molecule has 0 aliphatic heterocycles. The van der Waals surface area contributed by atoms with Crippen LogP contribution in [0.5, 0.6) is 0 Å². The highest BCUT2D eigenvalue weighted by molar-refractivity contribution is 5.96. The van der Waals surface area contributed by atoms with E-state index in [1.54, 1.807) is 6.92 Å². The second-order valence-electron chi connectivity index (χ2n) is 3.05. The number of carbonyl (C=O) groups excluding carboxylic acids is 1. The molecule has 0 aliphatic carbocycles. The van der Waals surface area contributed by atoms with Crippen molar-refractivity contribution in [3.05, 3.63) is 11.8 Å². The molecule has 0 radical (unpaired) electrons. The molecule has 3 atom stereocenters. The number of allylic oxidation sites excluding steroid dienone is 1. The lowest BCUT2D eigenvalue weighted by atomic mass is 10.0. The third-order valence-electron chi connectivity index (χ3n) is 1.82. The zero-order valence-electron chi connectivity index (χ0n) is 8.37. The first-order chi connectivity index (χ1) is 6.95. The molecular formula is C9H16O6. The maximum atomic E-state index is 11.2. The van der Waals surface area contributed by atoms with E-state index >= 15 is 0 Å². The van der Waals surface area contributed by atoms with Crippen LogP contribution < -0.4 is 0 Å². The molecule has 0 aliphatic rings. The van der Waals surface area contributed by atoms with E-state index in [4.69, 9.17) is 20.4 Å². The predicted octanol–water partition coefficient (Wildman–Crippen LogP) is -1.52. The minimum absolute atomic E-state index is 0.392. The Hall–Kier alpha value is -0.950. The van der Waals surface area contributed by atoms with E-state index in [1.165, 1.54) is 6.08 Å². The second kappa shape index (κ2) is 6.52. The molecular weight excluding hydrogens is 204 g/mol. The fraction of sp³-hybridized carbons (Fsp3) is 0.667. The van der Waals surface area contributed by atoms with Gasteiger partial charge in [-0.15, -0.1) is 0 Å².